The zero-order chi connectivity index (χ0) is 20.6. The number of hydrogen-bond acceptors (Lipinski definition) is 5. The number of aryl methyl sites for hydroxylation is 1. The highest BCUT2D eigenvalue weighted by Gasteiger charge is 2.15. The first-order valence-corrected chi connectivity index (χ1v) is 11.3. The highest BCUT2D eigenvalue weighted by molar-refractivity contribution is 7.98. The molecule has 2 heterocycles. The normalized spacial score (nSPS) is 15.4. The van der Waals surface area contributed by atoms with Crippen molar-refractivity contribution in [3.8, 4) is 0 Å². The van der Waals surface area contributed by atoms with Gasteiger partial charge in [-0.05, 0) is 49.1 Å². The summed E-state index contributed by atoms with van der Waals surface area (Å²) in [4.78, 5) is 15.0. The molecule has 0 bridgehead atoms. The number of thioether (sulfide) groups is 1. The van der Waals surface area contributed by atoms with Gasteiger partial charge in [0, 0.05) is 57.4 Å². The Kier molecular flexibility index (Phi) is 7.77. The summed E-state index contributed by atoms with van der Waals surface area (Å²) in [5.74, 6) is 1.86. The third kappa shape index (κ3) is 6.11. The lowest BCUT2D eigenvalue weighted by atomic mass is 10.1. The number of piperazine rings is 1. The predicted octanol–water partition coefficient (Wildman–Crippen LogP) is 2.73. The minimum atomic E-state index is 0.693. The van der Waals surface area contributed by atoms with Crippen molar-refractivity contribution in [3.05, 3.63) is 53.2 Å². The molecule has 1 fully saturated rings. The minimum absolute atomic E-state index is 0.693. The maximum Gasteiger partial charge on any atom is 0.191 e. The van der Waals surface area contributed by atoms with E-state index in [1.165, 1.54) is 16.0 Å². The molecule has 6 nitrogen and oxygen atoms in total. The molecule has 7 heteroatoms. The number of nitrogens with one attached hydrogen (secondary N) is 2. The number of pyridine rings is 1. The molecule has 1 saturated heterocycles. The fourth-order valence-corrected chi connectivity index (χ4v) is 4.03. The Bertz CT molecular complexity index is 813. The van der Waals surface area contributed by atoms with Crippen LogP contribution in [-0.4, -0.2) is 62.4 Å². The van der Waals surface area contributed by atoms with Crippen LogP contribution in [0.25, 0.3) is 0 Å². The SMILES string of the molecule is CN=C(NCc1ccc(N2CCN(C)CC2)nc1)NCc1ccc(C)cc1SC. The fraction of sp³-hybridized carbons (Fsp3) is 0.455. The van der Waals surface area contributed by atoms with Crippen molar-refractivity contribution < 1.29 is 0 Å². The molecule has 0 aliphatic carbocycles. The van der Waals surface area contributed by atoms with Gasteiger partial charge in [-0.1, -0.05) is 18.2 Å². The first-order valence-electron chi connectivity index (χ1n) is 10.1. The summed E-state index contributed by atoms with van der Waals surface area (Å²) in [6, 6.07) is 10.8. The molecule has 1 aliphatic heterocycles. The Hall–Kier alpha value is -2.25. The van der Waals surface area contributed by atoms with E-state index >= 15 is 0 Å². The first-order chi connectivity index (χ1) is 14.1. The van der Waals surface area contributed by atoms with E-state index in [1.54, 1.807) is 18.8 Å². The molecule has 156 valence electrons. The summed E-state index contributed by atoms with van der Waals surface area (Å²) >= 11 is 1.78. The van der Waals surface area contributed by atoms with Crippen LogP contribution in [0, 0.1) is 6.92 Å². The summed E-state index contributed by atoms with van der Waals surface area (Å²) in [5, 5.41) is 6.79. The second-order valence-corrected chi connectivity index (χ2v) is 8.26. The van der Waals surface area contributed by atoms with Crippen LogP contribution in [0.15, 0.2) is 46.4 Å². The van der Waals surface area contributed by atoms with E-state index in [0.717, 1.165) is 50.1 Å². The summed E-state index contributed by atoms with van der Waals surface area (Å²) in [6.07, 6.45) is 4.07. The Morgan fingerprint density at radius 3 is 2.52 bits per heavy atom. The largest absolute Gasteiger partial charge is 0.354 e. The van der Waals surface area contributed by atoms with E-state index in [4.69, 9.17) is 0 Å². The third-order valence-corrected chi connectivity index (χ3v) is 6.03. The molecule has 1 aromatic heterocycles. The van der Waals surface area contributed by atoms with Gasteiger partial charge in [-0.3, -0.25) is 4.99 Å². The highest BCUT2D eigenvalue weighted by atomic mass is 32.2. The van der Waals surface area contributed by atoms with Crippen molar-refractivity contribution in [1.29, 1.82) is 0 Å². The number of aromatic nitrogens is 1. The number of rotatable bonds is 6. The number of anilines is 1. The van der Waals surface area contributed by atoms with E-state index in [9.17, 15) is 0 Å². The van der Waals surface area contributed by atoms with Gasteiger partial charge in [0.1, 0.15) is 5.82 Å². The lowest BCUT2D eigenvalue weighted by Crippen LogP contribution is -2.44. The maximum atomic E-state index is 4.66. The van der Waals surface area contributed by atoms with Gasteiger partial charge < -0.3 is 20.4 Å². The summed E-state index contributed by atoms with van der Waals surface area (Å²) in [7, 11) is 3.97. The zero-order valence-electron chi connectivity index (χ0n) is 17.9. The van der Waals surface area contributed by atoms with Crippen LogP contribution >= 0.6 is 11.8 Å². The van der Waals surface area contributed by atoms with Crippen LogP contribution in [0.2, 0.25) is 0 Å². The maximum absolute atomic E-state index is 4.66. The second kappa shape index (κ2) is 10.5. The number of guanidine groups is 1. The van der Waals surface area contributed by atoms with Crippen LogP contribution in [0.3, 0.4) is 0 Å². The second-order valence-electron chi connectivity index (χ2n) is 7.41. The van der Waals surface area contributed by atoms with Gasteiger partial charge in [0.05, 0.1) is 0 Å². The first kappa shape index (κ1) is 21.5. The Labute approximate surface area is 178 Å². The number of likely N-dealkylation sites (N-methyl/N-ethyl adjacent to an activating group) is 1. The van der Waals surface area contributed by atoms with Crippen LogP contribution in [0.1, 0.15) is 16.7 Å². The summed E-state index contributed by atoms with van der Waals surface area (Å²) < 4.78 is 0. The standard InChI is InChI=1S/C22H32N6S/c1-17-5-7-19(20(13-17)29-4)16-26-22(23-2)25-15-18-6-8-21(24-14-18)28-11-9-27(3)10-12-28/h5-8,13-14H,9-12,15-16H2,1-4H3,(H2,23,25,26). The molecule has 0 unspecified atom stereocenters. The number of aliphatic imine (C=N–C) groups is 1. The molecule has 0 amide bonds. The summed E-state index contributed by atoms with van der Waals surface area (Å²) in [5.41, 5.74) is 3.71. The van der Waals surface area contributed by atoms with E-state index in [0.29, 0.717) is 6.54 Å². The average Bonchev–Trinajstić information content (AvgIpc) is 2.75. The monoisotopic (exact) mass is 412 g/mol. The lowest BCUT2D eigenvalue weighted by molar-refractivity contribution is 0.312. The highest BCUT2D eigenvalue weighted by Crippen LogP contribution is 2.21. The zero-order valence-corrected chi connectivity index (χ0v) is 18.7. The van der Waals surface area contributed by atoms with E-state index in [1.807, 2.05) is 6.20 Å². The summed E-state index contributed by atoms with van der Waals surface area (Å²) in [6.45, 7) is 7.82. The van der Waals surface area contributed by atoms with Crippen molar-refractivity contribution in [2.45, 2.75) is 24.9 Å². The van der Waals surface area contributed by atoms with Gasteiger partial charge in [-0.25, -0.2) is 4.98 Å². The molecule has 2 aromatic rings. The Morgan fingerprint density at radius 2 is 1.86 bits per heavy atom. The molecule has 0 saturated carbocycles. The van der Waals surface area contributed by atoms with Gasteiger partial charge in [-0.2, -0.15) is 0 Å². The molecule has 0 atom stereocenters. The molecular formula is C22H32N6S. The topological polar surface area (TPSA) is 55.8 Å². The number of nitrogens with zero attached hydrogens (tertiary/aromatic N) is 4. The van der Waals surface area contributed by atoms with Crippen LogP contribution in [-0.2, 0) is 13.1 Å². The predicted molar refractivity (Wildman–Crippen MR) is 124 cm³/mol. The van der Waals surface area contributed by atoms with Crippen molar-refractivity contribution in [2.24, 2.45) is 4.99 Å². The molecule has 0 radical (unpaired) electrons. The quantitative estimate of drug-likeness (QED) is 0.432. The van der Waals surface area contributed by atoms with Gasteiger partial charge in [0.15, 0.2) is 5.96 Å². The number of benzene rings is 1. The molecule has 29 heavy (non-hydrogen) atoms. The van der Waals surface area contributed by atoms with Crippen molar-refractivity contribution in [1.82, 2.24) is 20.5 Å². The fourth-order valence-electron chi connectivity index (χ4n) is 3.33. The Morgan fingerprint density at radius 1 is 1.10 bits per heavy atom. The molecule has 1 aromatic carbocycles. The van der Waals surface area contributed by atoms with Crippen LogP contribution in [0.5, 0.6) is 0 Å². The minimum Gasteiger partial charge on any atom is -0.354 e. The smallest absolute Gasteiger partial charge is 0.191 e. The molecular weight excluding hydrogens is 380 g/mol. The van der Waals surface area contributed by atoms with E-state index in [2.05, 4.69) is 81.0 Å². The molecule has 2 N–H and O–H groups in total. The van der Waals surface area contributed by atoms with Crippen molar-refractivity contribution >= 4 is 23.5 Å². The number of hydrogen-bond donors (Lipinski definition) is 2. The van der Waals surface area contributed by atoms with Gasteiger partial charge in [0.25, 0.3) is 0 Å². The van der Waals surface area contributed by atoms with Crippen molar-refractivity contribution in [2.75, 3.05) is 51.4 Å². The van der Waals surface area contributed by atoms with E-state index in [-0.39, 0.29) is 0 Å². The van der Waals surface area contributed by atoms with Crippen molar-refractivity contribution in [3.63, 3.8) is 0 Å². The van der Waals surface area contributed by atoms with E-state index < -0.39 is 0 Å². The molecule has 3 rings (SSSR count). The van der Waals surface area contributed by atoms with Gasteiger partial charge >= 0.3 is 0 Å². The average molecular weight is 413 g/mol. The van der Waals surface area contributed by atoms with Crippen LogP contribution in [0.4, 0.5) is 5.82 Å². The Balaban J connectivity index is 1.50. The molecule has 0 spiro atoms. The molecule has 1 aliphatic rings. The third-order valence-electron chi connectivity index (χ3n) is 5.21. The van der Waals surface area contributed by atoms with Gasteiger partial charge in [0.2, 0.25) is 0 Å². The van der Waals surface area contributed by atoms with Crippen LogP contribution < -0.4 is 15.5 Å². The van der Waals surface area contributed by atoms with Gasteiger partial charge in [-0.15, -0.1) is 11.8 Å². The lowest BCUT2D eigenvalue weighted by Gasteiger charge is -2.33.